The number of rotatable bonds is 12. The summed E-state index contributed by atoms with van der Waals surface area (Å²) in [6, 6.07) is 24.3. The zero-order valence-corrected chi connectivity index (χ0v) is 34.6. The normalized spacial score (nSPS) is 15.6. The van der Waals surface area contributed by atoms with Crippen molar-refractivity contribution in [2.24, 2.45) is 20.5 Å². The monoisotopic (exact) mass is 902 g/mol. The molecule has 1 unspecified atom stereocenters. The lowest BCUT2D eigenvalue weighted by Crippen LogP contribution is -2.08. The number of pyridine rings is 1. The van der Waals surface area contributed by atoms with Crippen LogP contribution in [0.4, 0.5) is 33.0 Å². The first kappa shape index (κ1) is 42.1. The van der Waals surface area contributed by atoms with Gasteiger partial charge in [0.25, 0.3) is 20.2 Å². The molecule has 22 heteroatoms. The maximum absolute atomic E-state index is 12.4. The van der Waals surface area contributed by atoms with Crippen molar-refractivity contribution in [1.82, 2.24) is 9.97 Å². The lowest BCUT2D eigenvalue weighted by atomic mass is 10.0. The number of hydrogen-bond acceptors (Lipinski definition) is 16. The molecule has 0 saturated heterocycles. The molecule has 1 aliphatic heterocycles. The molecular formula is C38H27ClN8O9S4. The Bertz CT molecular complexity index is 3240. The molecule has 6 aromatic rings. The average Bonchev–Trinajstić information content (AvgIpc) is 3.63. The molecule has 0 fully saturated rings. The number of anilines is 2. The van der Waals surface area contributed by atoms with Gasteiger partial charge in [-0.05, 0) is 84.0 Å². The number of nitrogens with one attached hydrogen (secondary N) is 1. The van der Waals surface area contributed by atoms with Crippen LogP contribution in [0, 0.1) is 18.3 Å². The van der Waals surface area contributed by atoms with Crippen molar-refractivity contribution in [3.63, 3.8) is 0 Å². The molecular weight excluding hydrogens is 876 g/mol. The van der Waals surface area contributed by atoms with Gasteiger partial charge in [0.15, 0.2) is 10.8 Å². The minimum atomic E-state index is -4.66. The summed E-state index contributed by atoms with van der Waals surface area (Å²) in [5, 5.41) is 44.3. The second-order valence-electron chi connectivity index (χ2n) is 12.7. The molecule has 3 heterocycles. The summed E-state index contributed by atoms with van der Waals surface area (Å²) < 4.78 is 82.7. The summed E-state index contributed by atoms with van der Waals surface area (Å²) in [5.41, 5.74) is 2.85. The number of halogens is 1. The Balaban J connectivity index is 1.33. The Morgan fingerprint density at radius 2 is 1.67 bits per heavy atom. The maximum Gasteiger partial charge on any atom is 0.296 e. The number of nitrogens with zero attached hydrogens (tertiary/aromatic N) is 7. The molecule has 0 spiro atoms. The third-order valence-electron chi connectivity index (χ3n) is 8.75. The zero-order valence-electron chi connectivity index (χ0n) is 30.5. The van der Waals surface area contributed by atoms with Crippen LogP contribution in [0.25, 0.3) is 22.0 Å². The topological polar surface area (TPSA) is 266 Å². The van der Waals surface area contributed by atoms with Gasteiger partial charge in [0.05, 0.1) is 26.9 Å². The van der Waals surface area contributed by atoms with Gasteiger partial charge in [-0.3, -0.25) is 9.11 Å². The third-order valence-corrected chi connectivity index (χ3v) is 13.0. The van der Waals surface area contributed by atoms with E-state index in [9.17, 15) is 35.4 Å². The van der Waals surface area contributed by atoms with Crippen LogP contribution in [-0.4, -0.2) is 50.7 Å². The van der Waals surface area contributed by atoms with Crippen molar-refractivity contribution in [2.45, 2.75) is 23.1 Å². The first-order valence-corrected chi connectivity index (χ1v) is 22.7. The van der Waals surface area contributed by atoms with Crippen molar-refractivity contribution >= 4 is 102 Å². The van der Waals surface area contributed by atoms with Crippen LogP contribution < -0.4 is 5.32 Å². The van der Waals surface area contributed by atoms with E-state index < -0.39 is 34.9 Å². The summed E-state index contributed by atoms with van der Waals surface area (Å²) >= 11 is 6.97. The molecule has 304 valence electrons. The van der Waals surface area contributed by atoms with Gasteiger partial charge in [-0.2, -0.15) is 22.1 Å². The Kier molecular flexibility index (Phi) is 11.8. The van der Waals surface area contributed by atoms with Crippen LogP contribution >= 0.6 is 22.9 Å². The van der Waals surface area contributed by atoms with E-state index in [0.717, 1.165) is 28.2 Å². The summed E-state index contributed by atoms with van der Waals surface area (Å²) in [6.07, 6.45) is 3.01. The smallest absolute Gasteiger partial charge is 0.296 e. The van der Waals surface area contributed by atoms with Gasteiger partial charge < -0.3 is 5.32 Å². The average molecular weight is 903 g/mol. The molecule has 17 nitrogen and oxygen atoms in total. The van der Waals surface area contributed by atoms with E-state index in [1.165, 1.54) is 59.3 Å². The molecule has 4 N–H and O–H groups in total. The Labute approximate surface area is 351 Å². The number of nitriles is 1. The minimum Gasteiger partial charge on any atom is -0.338 e. The van der Waals surface area contributed by atoms with Crippen molar-refractivity contribution in [2.75, 3.05) is 5.32 Å². The molecule has 7 rings (SSSR count). The Hall–Kier alpha value is -6.06. The number of benzene rings is 4. The van der Waals surface area contributed by atoms with E-state index >= 15 is 0 Å². The Morgan fingerprint density at radius 1 is 0.917 bits per heavy atom. The number of aromatic nitrogens is 2. The van der Waals surface area contributed by atoms with Crippen LogP contribution in [0.5, 0.6) is 0 Å². The van der Waals surface area contributed by atoms with Crippen molar-refractivity contribution in [1.29, 1.82) is 5.26 Å². The highest BCUT2D eigenvalue weighted by atomic mass is 35.5. The van der Waals surface area contributed by atoms with Gasteiger partial charge in [0.2, 0.25) is 5.13 Å². The van der Waals surface area contributed by atoms with Gasteiger partial charge in [0, 0.05) is 34.0 Å². The molecule has 4 aromatic carbocycles. The van der Waals surface area contributed by atoms with Gasteiger partial charge in [0.1, 0.15) is 32.1 Å². The predicted octanol–water partition coefficient (Wildman–Crippen LogP) is 9.75. The molecule has 1 atom stereocenters. The highest BCUT2D eigenvalue weighted by Crippen LogP contribution is 2.43. The standard InChI is InChI=1S/C38H27ClN8O9S4/c1-22-30(21-40)32(18-23-14-16-58(49,56-48)17-15-23)42-36(41-27-8-11-29(12-9-27)59(50,51)52)34(22)45-47-38-43-35(26-7-6-24-4-2-3-5-25(24)19-26)37(57-38)46-44-28-10-13-31(39)33(20-28)60(53,54)55/h2-17,19-20,48H,18H2,1H3,(H,41,42)(H,50,51,52)(H,53,54,55). The molecule has 0 aliphatic carbocycles. The number of thiazole rings is 1. The number of fused-ring (bicyclic) bond motifs is 1. The molecule has 1 aliphatic rings. The number of azo groups is 2. The second-order valence-corrected chi connectivity index (χ2v) is 18.8. The zero-order chi connectivity index (χ0) is 42.8. The first-order chi connectivity index (χ1) is 28.5. The molecule has 0 amide bonds. The van der Waals surface area contributed by atoms with E-state index in [4.69, 9.17) is 26.8 Å². The summed E-state index contributed by atoms with van der Waals surface area (Å²) in [6.45, 7) is 1.63. The molecule has 2 aromatic heterocycles. The third kappa shape index (κ3) is 9.37. The molecule has 0 bridgehead atoms. The number of allylic oxidation sites excluding steroid dienone is 3. The molecule has 0 saturated carbocycles. The van der Waals surface area contributed by atoms with Crippen LogP contribution in [0.15, 0.2) is 138 Å². The number of hydrogen-bond donors (Lipinski definition) is 4. The second kappa shape index (κ2) is 16.9. The van der Waals surface area contributed by atoms with Crippen LogP contribution in [0.2, 0.25) is 5.02 Å². The van der Waals surface area contributed by atoms with Crippen molar-refractivity contribution < 1.29 is 39.7 Å². The predicted molar refractivity (Wildman–Crippen MR) is 227 cm³/mol. The fourth-order valence-corrected chi connectivity index (χ4v) is 8.93. The maximum atomic E-state index is 12.4. The van der Waals surface area contributed by atoms with Gasteiger partial charge >= 0.3 is 0 Å². The summed E-state index contributed by atoms with van der Waals surface area (Å²) in [7, 11) is -12.3. The van der Waals surface area contributed by atoms with E-state index in [0.29, 0.717) is 28.1 Å². The van der Waals surface area contributed by atoms with Crippen LogP contribution in [-0.2, 0) is 40.8 Å². The van der Waals surface area contributed by atoms with Crippen molar-refractivity contribution in [3.05, 3.63) is 130 Å². The molecule has 60 heavy (non-hydrogen) atoms. The van der Waals surface area contributed by atoms with E-state index in [1.54, 1.807) is 6.92 Å². The first-order valence-electron chi connectivity index (χ1n) is 17.0. The van der Waals surface area contributed by atoms with Gasteiger partial charge in [-0.1, -0.05) is 59.3 Å². The highest BCUT2D eigenvalue weighted by molar-refractivity contribution is 7.99. The van der Waals surface area contributed by atoms with Crippen molar-refractivity contribution in [3.8, 4) is 17.3 Å². The quantitative estimate of drug-likeness (QED) is 0.0293. The minimum absolute atomic E-state index is 0.0620. The lowest BCUT2D eigenvalue weighted by Gasteiger charge is -2.15. The van der Waals surface area contributed by atoms with Crippen LogP contribution in [0.3, 0.4) is 0 Å². The van der Waals surface area contributed by atoms with Gasteiger partial charge in [-0.25, -0.2) is 19.4 Å². The highest BCUT2D eigenvalue weighted by Gasteiger charge is 2.21. The summed E-state index contributed by atoms with van der Waals surface area (Å²) in [4.78, 5) is 8.52. The SMILES string of the molecule is Cc1c(C#N)c(CC2=CC=S(=O)(OO)C=C2)nc(Nc2ccc(S(=O)(=O)O)cc2)c1N=Nc1nc(-c2ccc3ccccc3c2)c(N=Nc2ccc(Cl)c(S(=O)(=O)O)c2)s1. The van der Waals surface area contributed by atoms with Gasteiger partial charge in [-0.15, -0.1) is 24.8 Å². The Morgan fingerprint density at radius 3 is 2.33 bits per heavy atom. The fraction of sp³-hybridized carbons (Fsp3) is 0.0526. The van der Waals surface area contributed by atoms with Crippen LogP contribution in [0.1, 0.15) is 16.8 Å². The largest absolute Gasteiger partial charge is 0.338 e. The van der Waals surface area contributed by atoms with E-state index in [-0.39, 0.29) is 54.9 Å². The van der Waals surface area contributed by atoms with E-state index in [2.05, 4.69) is 36.2 Å². The fourth-order valence-electron chi connectivity index (χ4n) is 5.80. The molecule has 0 radical (unpaired) electrons. The summed E-state index contributed by atoms with van der Waals surface area (Å²) in [5.74, 6) is 0.0975. The lowest BCUT2D eigenvalue weighted by molar-refractivity contribution is -0.123. The van der Waals surface area contributed by atoms with E-state index in [1.807, 2.05) is 42.5 Å².